The molecule has 0 saturated heterocycles. The maximum atomic E-state index is 11.7. The van der Waals surface area contributed by atoms with E-state index >= 15 is 0 Å². The third kappa shape index (κ3) is 1.94. The zero-order valence-corrected chi connectivity index (χ0v) is 6.13. The van der Waals surface area contributed by atoms with Crippen LogP contribution in [0.1, 0.15) is 0 Å². The molecule has 1 N–H and O–H groups in total. The first-order valence-electron chi connectivity index (χ1n) is 1.91. The topological polar surface area (TPSA) is 54.4 Å². The minimum absolute atomic E-state index is 3.69. The molecule has 0 radical (unpaired) electrons. The highest BCUT2D eigenvalue weighted by molar-refractivity contribution is 7.87. The van der Waals surface area contributed by atoms with Crippen LogP contribution in [-0.2, 0) is 10.1 Å². The van der Waals surface area contributed by atoms with Crippen molar-refractivity contribution >= 4 is 21.7 Å². The van der Waals surface area contributed by atoms with Crippen LogP contribution < -0.4 is 0 Å². The molecule has 0 rings (SSSR count). The van der Waals surface area contributed by atoms with Gasteiger partial charge in [-0.05, 0) is 11.6 Å². The molecule has 0 saturated carbocycles. The molecule has 0 spiro atoms. The Labute approximate surface area is 63.7 Å². The second-order valence-electron chi connectivity index (χ2n) is 1.49. The molecule has 0 aliphatic carbocycles. The molecule has 11 heavy (non-hydrogen) atoms. The predicted octanol–water partition coefficient (Wildman–Crippen LogP) is 1.30. The number of halogens is 5. The van der Waals surface area contributed by atoms with Crippen LogP contribution in [0.5, 0.6) is 0 Å². The van der Waals surface area contributed by atoms with Crippen LogP contribution in [-0.4, -0.2) is 23.6 Å². The van der Waals surface area contributed by atoms with Gasteiger partial charge in [-0.3, -0.25) is 4.55 Å². The molecule has 0 atom stereocenters. The maximum Gasteiger partial charge on any atom is 0.446 e. The highest BCUT2D eigenvalue weighted by atomic mass is 35.5. The van der Waals surface area contributed by atoms with Gasteiger partial charge in [0, 0.05) is 0 Å². The second kappa shape index (κ2) is 2.46. The van der Waals surface area contributed by atoms with E-state index < -0.39 is 20.8 Å². The number of alkyl halides is 5. The van der Waals surface area contributed by atoms with Crippen LogP contribution in [0.15, 0.2) is 0 Å². The normalized spacial score (nSPS) is 15.1. The summed E-state index contributed by atoms with van der Waals surface area (Å²) >= 11 is 3.69. The van der Waals surface area contributed by atoms with Crippen LogP contribution >= 0.6 is 11.6 Å². The van der Waals surface area contributed by atoms with Gasteiger partial charge in [0.15, 0.2) is 0 Å². The molecule has 0 aromatic heterocycles. The Hall–Kier alpha value is -0.0800. The fourth-order valence-electron chi connectivity index (χ4n) is 0.146. The largest absolute Gasteiger partial charge is 0.446 e. The van der Waals surface area contributed by atoms with Crippen LogP contribution in [0.2, 0.25) is 0 Å². The monoisotopic (exact) mass is 216 g/mol. The van der Waals surface area contributed by atoms with E-state index in [2.05, 4.69) is 11.6 Å². The van der Waals surface area contributed by atoms with Crippen molar-refractivity contribution in [3.05, 3.63) is 0 Å². The van der Waals surface area contributed by atoms with Gasteiger partial charge in [0.25, 0.3) is 0 Å². The van der Waals surface area contributed by atoms with Gasteiger partial charge in [-0.25, -0.2) is 0 Å². The number of hydrogen-bond donors (Lipinski definition) is 1. The highest BCUT2D eigenvalue weighted by Crippen LogP contribution is 2.40. The van der Waals surface area contributed by atoms with Gasteiger partial charge in [0.05, 0.1) is 0 Å². The van der Waals surface area contributed by atoms with Crippen LogP contribution in [0, 0.1) is 0 Å². The Bertz CT molecular complexity index is 241. The van der Waals surface area contributed by atoms with Gasteiger partial charge in [-0.2, -0.15) is 26.0 Å². The molecule has 0 heterocycles. The summed E-state index contributed by atoms with van der Waals surface area (Å²) in [6.07, 6.45) is 0. The van der Waals surface area contributed by atoms with E-state index in [0.29, 0.717) is 0 Å². The molecule has 0 bridgehead atoms. The van der Waals surface area contributed by atoms with Crippen molar-refractivity contribution in [1.29, 1.82) is 0 Å². The van der Waals surface area contributed by atoms with Crippen molar-refractivity contribution in [3.8, 4) is 0 Å². The van der Waals surface area contributed by atoms with Crippen LogP contribution in [0.3, 0.4) is 0 Å². The zero-order valence-electron chi connectivity index (χ0n) is 4.56. The van der Waals surface area contributed by atoms with Gasteiger partial charge in [-0.1, -0.05) is 0 Å². The van der Waals surface area contributed by atoms with Gasteiger partial charge in [-0.15, -0.1) is 0 Å². The lowest BCUT2D eigenvalue weighted by molar-refractivity contribution is -0.101. The van der Waals surface area contributed by atoms with Crippen molar-refractivity contribution in [1.82, 2.24) is 0 Å². The summed E-state index contributed by atoms with van der Waals surface area (Å²) in [7, 11) is -6.18. The number of rotatable bonds is 2. The van der Waals surface area contributed by atoms with E-state index in [-0.39, 0.29) is 0 Å². The smallest absolute Gasteiger partial charge is 0.281 e. The molecule has 0 aromatic rings. The first-order valence-corrected chi connectivity index (χ1v) is 3.73. The molecular formula is C2HClF4O3S. The second-order valence-corrected chi connectivity index (χ2v) is 3.43. The summed E-state index contributed by atoms with van der Waals surface area (Å²) in [6.45, 7) is 0. The third-order valence-electron chi connectivity index (χ3n) is 0.654. The molecule has 0 amide bonds. The molecular weight excluding hydrogens is 216 g/mol. The Morgan fingerprint density at radius 1 is 1.18 bits per heavy atom. The lowest BCUT2D eigenvalue weighted by atomic mass is 10.7. The number of hydrogen-bond acceptors (Lipinski definition) is 2. The predicted molar refractivity (Wildman–Crippen MR) is 27.3 cm³/mol. The van der Waals surface area contributed by atoms with E-state index in [1.807, 2.05) is 0 Å². The average molecular weight is 217 g/mol. The molecule has 0 unspecified atom stereocenters. The van der Waals surface area contributed by atoms with Gasteiger partial charge in [0.2, 0.25) is 0 Å². The first kappa shape index (κ1) is 10.9. The van der Waals surface area contributed by atoms with Crippen LogP contribution in [0.25, 0.3) is 0 Å². The van der Waals surface area contributed by atoms with E-state index in [1.54, 1.807) is 0 Å². The summed E-state index contributed by atoms with van der Waals surface area (Å²) in [6, 6.07) is 0. The Balaban J connectivity index is 5.08. The fraction of sp³-hybridized carbons (Fsp3) is 1.00. The molecule has 9 heteroatoms. The van der Waals surface area contributed by atoms with Gasteiger partial charge in [0.1, 0.15) is 0 Å². The SMILES string of the molecule is O=S(=O)(O)C(F)(F)C(F)(F)Cl. The fourth-order valence-corrected chi connectivity index (χ4v) is 0.731. The molecule has 3 nitrogen and oxygen atoms in total. The van der Waals surface area contributed by atoms with Crippen molar-refractivity contribution < 1.29 is 30.5 Å². The maximum absolute atomic E-state index is 11.7. The van der Waals surface area contributed by atoms with Crippen molar-refractivity contribution in [3.63, 3.8) is 0 Å². The van der Waals surface area contributed by atoms with E-state index in [9.17, 15) is 26.0 Å². The third-order valence-corrected chi connectivity index (χ3v) is 1.91. The minimum Gasteiger partial charge on any atom is -0.281 e. The zero-order chi connectivity index (χ0) is 9.50. The summed E-state index contributed by atoms with van der Waals surface area (Å²) in [4.78, 5) is 0. The van der Waals surface area contributed by atoms with Gasteiger partial charge < -0.3 is 0 Å². The molecule has 68 valence electrons. The van der Waals surface area contributed by atoms with Crippen molar-refractivity contribution in [2.24, 2.45) is 0 Å². The van der Waals surface area contributed by atoms with Gasteiger partial charge >= 0.3 is 20.8 Å². The van der Waals surface area contributed by atoms with E-state index in [4.69, 9.17) is 4.55 Å². The average Bonchev–Trinajstić information content (AvgIpc) is 1.58. The van der Waals surface area contributed by atoms with E-state index in [1.165, 1.54) is 0 Å². The summed E-state index contributed by atoms with van der Waals surface area (Å²) in [5.41, 5.74) is 0. The summed E-state index contributed by atoms with van der Waals surface area (Å²) in [5.74, 6) is 0. The summed E-state index contributed by atoms with van der Waals surface area (Å²) in [5, 5.41) is -11.0. The standard InChI is InChI=1S/C2HClF4O3S/c3-1(4,5)2(6,7)11(8,9)10/h(H,8,9,10). The molecule has 0 aliphatic rings. The molecule has 0 aromatic carbocycles. The van der Waals surface area contributed by atoms with E-state index in [0.717, 1.165) is 0 Å². The lowest BCUT2D eigenvalue weighted by Crippen LogP contribution is -2.42. The minimum atomic E-state index is -6.18. The van der Waals surface area contributed by atoms with Crippen molar-refractivity contribution in [2.45, 2.75) is 10.6 Å². The first-order chi connectivity index (χ1) is 4.50. The Morgan fingerprint density at radius 2 is 1.45 bits per heavy atom. The Morgan fingerprint density at radius 3 is 1.45 bits per heavy atom. The molecule has 0 aliphatic heterocycles. The highest BCUT2D eigenvalue weighted by Gasteiger charge is 2.65. The summed E-state index contributed by atoms with van der Waals surface area (Å²) < 4.78 is 73.0. The lowest BCUT2D eigenvalue weighted by Gasteiger charge is -2.16. The van der Waals surface area contributed by atoms with Crippen molar-refractivity contribution in [2.75, 3.05) is 0 Å². The van der Waals surface area contributed by atoms with Crippen LogP contribution in [0.4, 0.5) is 17.6 Å². The quantitative estimate of drug-likeness (QED) is 0.430. The Kier molecular flexibility index (Phi) is 2.44. The molecule has 0 fully saturated rings.